The lowest BCUT2D eigenvalue weighted by Crippen LogP contribution is -2.33. The van der Waals surface area contributed by atoms with Crippen molar-refractivity contribution in [2.24, 2.45) is 5.41 Å². The number of benzene rings is 1. The Balaban J connectivity index is 2.47. The van der Waals surface area contributed by atoms with Crippen LogP contribution in [0.2, 0.25) is 0 Å². The summed E-state index contributed by atoms with van der Waals surface area (Å²) in [6.45, 7) is 3.38. The molecule has 2 amide bonds. The lowest BCUT2D eigenvalue weighted by atomic mass is 9.92. The fourth-order valence-corrected chi connectivity index (χ4v) is 1.94. The highest BCUT2D eigenvalue weighted by atomic mass is 19.1. The molecule has 0 spiro atoms. The number of nitrogens with two attached hydrogens (primary N) is 1. The van der Waals surface area contributed by atoms with Gasteiger partial charge in [0.15, 0.2) is 0 Å². The molecule has 1 aromatic rings. The van der Waals surface area contributed by atoms with Gasteiger partial charge in [0, 0.05) is 12.1 Å². The Bertz CT molecular complexity index is 491. The number of anilines is 2. The van der Waals surface area contributed by atoms with E-state index in [1.54, 1.807) is 13.8 Å². The molecule has 4 nitrogen and oxygen atoms in total. The number of amides is 2. The van der Waals surface area contributed by atoms with Crippen LogP contribution in [0.5, 0.6) is 0 Å². The molecule has 2 rings (SSSR count). The van der Waals surface area contributed by atoms with Crippen molar-refractivity contribution >= 4 is 23.2 Å². The highest BCUT2D eigenvalue weighted by molar-refractivity contribution is 6.22. The number of nitrogens with zero attached hydrogens (tertiary/aromatic N) is 1. The predicted molar refractivity (Wildman–Crippen MR) is 61.7 cm³/mol. The van der Waals surface area contributed by atoms with E-state index >= 15 is 0 Å². The van der Waals surface area contributed by atoms with Crippen LogP contribution >= 0.6 is 0 Å². The Hall–Kier alpha value is -1.91. The molecule has 5 heteroatoms. The number of rotatable bonds is 1. The molecule has 17 heavy (non-hydrogen) atoms. The standard InChI is InChI=1S/C12H13FN2O2/c1-12(2)6-10(16)15(11(12)17)9-4-7(13)3-8(14)5-9/h3-5H,6,14H2,1-2H3. The van der Waals surface area contributed by atoms with Crippen LogP contribution in [0.25, 0.3) is 0 Å². The number of carbonyl (C=O) groups is 2. The normalized spacial score (nSPS) is 18.9. The van der Waals surface area contributed by atoms with Gasteiger partial charge in [0.2, 0.25) is 11.8 Å². The molecule has 0 radical (unpaired) electrons. The Morgan fingerprint density at radius 3 is 2.41 bits per heavy atom. The maximum Gasteiger partial charge on any atom is 0.239 e. The summed E-state index contributed by atoms with van der Waals surface area (Å²) in [4.78, 5) is 24.8. The minimum absolute atomic E-state index is 0.127. The zero-order valence-electron chi connectivity index (χ0n) is 9.66. The van der Waals surface area contributed by atoms with E-state index in [1.165, 1.54) is 6.07 Å². The third kappa shape index (κ3) is 1.88. The minimum atomic E-state index is -0.738. The van der Waals surface area contributed by atoms with Gasteiger partial charge in [-0.25, -0.2) is 9.29 Å². The van der Waals surface area contributed by atoms with Gasteiger partial charge in [-0.15, -0.1) is 0 Å². The van der Waals surface area contributed by atoms with E-state index in [1.807, 2.05) is 0 Å². The van der Waals surface area contributed by atoms with E-state index in [2.05, 4.69) is 0 Å². The van der Waals surface area contributed by atoms with Crippen LogP contribution in [0.15, 0.2) is 18.2 Å². The Labute approximate surface area is 98.2 Å². The summed E-state index contributed by atoms with van der Waals surface area (Å²) in [5.74, 6) is -1.22. The van der Waals surface area contributed by atoms with Crippen LogP contribution in [-0.4, -0.2) is 11.8 Å². The topological polar surface area (TPSA) is 63.4 Å². The average molecular weight is 236 g/mol. The van der Waals surface area contributed by atoms with E-state index in [4.69, 9.17) is 5.73 Å². The maximum absolute atomic E-state index is 13.2. The molecule has 0 bridgehead atoms. The van der Waals surface area contributed by atoms with Crippen LogP contribution in [0.3, 0.4) is 0 Å². The molecular formula is C12H13FN2O2. The first-order valence-corrected chi connectivity index (χ1v) is 5.25. The fraction of sp³-hybridized carbons (Fsp3) is 0.333. The fourth-order valence-electron chi connectivity index (χ4n) is 1.94. The molecule has 90 valence electrons. The number of imide groups is 1. The second kappa shape index (κ2) is 3.55. The molecule has 0 unspecified atom stereocenters. The SMILES string of the molecule is CC1(C)CC(=O)N(c2cc(N)cc(F)c2)C1=O. The van der Waals surface area contributed by atoms with Crippen LogP contribution in [-0.2, 0) is 9.59 Å². The van der Waals surface area contributed by atoms with Gasteiger partial charge in [0.1, 0.15) is 5.82 Å². The Morgan fingerprint density at radius 1 is 1.29 bits per heavy atom. The molecule has 1 aliphatic rings. The van der Waals surface area contributed by atoms with E-state index in [0.29, 0.717) is 0 Å². The van der Waals surface area contributed by atoms with Crippen molar-refractivity contribution in [2.75, 3.05) is 10.6 Å². The predicted octanol–water partition coefficient (Wildman–Crippen LogP) is 1.70. The summed E-state index contributed by atoms with van der Waals surface area (Å²) in [6.07, 6.45) is 0.127. The van der Waals surface area contributed by atoms with E-state index in [9.17, 15) is 14.0 Å². The highest BCUT2D eigenvalue weighted by Crippen LogP contribution is 2.35. The van der Waals surface area contributed by atoms with Crippen molar-refractivity contribution in [3.8, 4) is 0 Å². The molecule has 0 aliphatic carbocycles. The molecule has 1 saturated heterocycles. The van der Waals surface area contributed by atoms with Crippen LogP contribution in [0, 0.1) is 11.2 Å². The Morgan fingerprint density at radius 2 is 1.94 bits per heavy atom. The van der Waals surface area contributed by atoms with Crippen LogP contribution in [0.1, 0.15) is 20.3 Å². The van der Waals surface area contributed by atoms with Gasteiger partial charge < -0.3 is 5.73 Å². The average Bonchev–Trinajstić information content (AvgIpc) is 2.34. The van der Waals surface area contributed by atoms with Gasteiger partial charge in [-0.3, -0.25) is 9.59 Å². The summed E-state index contributed by atoms with van der Waals surface area (Å²) >= 11 is 0. The van der Waals surface area contributed by atoms with Crippen molar-refractivity contribution < 1.29 is 14.0 Å². The van der Waals surface area contributed by atoms with Gasteiger partial charge in [-0.2, -0.15) is 0 Å². The second-order valence-electron chi connectivity index (χ2n) is 4.84. The monoisotopic (exact) mass is 236 g/mol. The third-order valence-electron chi connectivity index (χ3n) is 2.79. The first-order valence-electron chi connectivity index (χ1n) is 5.25. The van der Waals surface area contributed by atoms with Crippen molar-refractivity contribution in [1.29, 1.82) is 0 Å². The van der Waals surface area contributed by atoms with Crippen LogP contribution < -0.4 is 10.6 Å². The van der Waals surface area contributed by atoms with Crippen molar-refractivity contribution in [3.63, 3.8) is 0 Å². The summed E-state index contributed by atoms with van der Waals surface area (Å²) in [5.41, 5.74) is 5.14. The molecule has 0 aromatic heterocycles. The number of hydrogen-bond acceptors (Lipinski definition) is 3. The lowest BCUT2D eigenvalue weighted by molar-refractivity contribution is -0.124. The minimum Gasteiger partial charge on any atom is -0.399 e. The van der Waals surface area contributed by atoms with Gasteiger partial charge >= 0.3 is 0 Å². The lowest BCUT2D eigenvalue weighted by Gasteiger charge is -2.18. The summed E-state index contributed by atoms with van der Waals surface area (Å²) in [6, 6.07) is 3.69. The molecule has 1 heterocycles. The van der Waals surface area contributed by atoms with E-state index < -0.39 is 11.2 Å². The smallest absolute Gasteiger partial charge is 0.239 e. The van der Waals surface area contributed by atoms with E-state index in [-0.39, 0.29) is 29.6 Å². The van der Waals surface area contributed by atoms with Gasteiger partial charge in [0.25, 0.3) is 0 Å². The quantitative estimate of drug-likeness (QED) is 0.596. The van der Waals surface area contributed by atoms with Crippen molar-refractivity contribution in [2.45, 2.75) is 20.3 Å². The Kier molecular flexibility index (Phi) is 2.41. The molecule has 0 saturated carbocycles. The molecule has 0 atom stereocenters. The third-order valence-corrected chi connectivity index (χ3v) is 2.79. The van der Waals surface area contributed by atoms with Gasteiger partial charge in [0.05, 0.1) is 11.1 Å². The molecule has 2 N–H and O–H groups in total. The first-order chi connectivity index (χ1) is 7.81. The first kappa shape index (κ1) is 11.6. The van der Waals surface area contributed by atoms with Gasteiger partial charge in [-0.05, 0) is 18.2 Å². The largest absolute Gasteiger partial charge is 0.399 e. The van der Waals surface area contributed by atoms with E-state index in [0.717, 1.165) is 17.0 Å². The number of nitrogen functional groups attached to an aromatic ring is 1. The number of carbonyl (C=O) groups excluding carboxylic acids is 2. The second-order valence-corrected chi connectivity index (χ2v) is 4.84. The highest BCUT2D eigenvalue weighted by Gasteiger charge is 2.45. The van der Waals surface area contributed by atoms with Crippen LogP contribution in [0.4, 0.5) is 15.8 Å². The zero-order chi connectivity index (χ0) is 12.8. The number of halogens is 1. The van der Waals surface area contributed by atoms with Gasteiger partial charge in [-0.1, -0.05) is 13.8 Å². The van der Waals surface area contributed by atoms with Crippen molar-refractivity contribution in [1.82, 2.24) is 0 Å². The summed E-state index contributed by atoms with van der Waals surface area (Å²) in [5, 5.41) is 0. The summed E-state index contributed by atoms with van der Waals surface area (Å²) < 4.78 is 13.2. The number of hydrogen-bond donors (Lipinski definition) is 1. The molecule has 1 aromatic carbocycles. The zero-order valence-corrected chi connectivity index (χ0v) is 9.66. The summed E-state index contributed by atoms with van der Waals surface area (Å²) in [7, 11) is 0. The molecule has 1 fully saturated rings. The maximum atomic E-state index is 13.2. The molecular weight excluding hydrogens is 223 g/mol. The van der Waals surface area contributed by atoms with Crippen molar-refractivity contribution in [3.05, 3.63) is 24.0 Å². The molecule has 1 aliphatic heterocycles.